The first kappa shape index (κ1) is 11.2. The van der Waals surface area contributed by atoms with Crippen LogP contribution >= 0.6 is 0 Å². The van der Waals surface area contributed by atoms with E-state index in [0.29, 0.717) is 0 Å². The smallest absolute Gasteiger partial charge is 0.368 e. The van der Waals surface area contributed by atoms with Gasteiger partial charge in [-0.25, -0.2) is 0 Å². The van der Waals surface area contributed by atoms with Gasteiger partial charge in [-0.1, -0.05) is 0 Å². The fourth-order valence-electron chi connectivity index (χ4n) is 0.434. The van der Waals surface area contributed by atoms with Crippen LogP contribution in [0.5, 0.6) is 0 Å². The van der Waals surface area contributed by atoms with E-state index in [0.717, 1.165) is 0 Å². The molecule has 0 saturated heterocycles. The summed E-state index contributed by atoms with van der Waals surface area (Å²) < 4.78 is 39.0. The number of carbonyl (C=O) groups excluding carboxylic acids is 1. The summed E-state index contributed by atoms with van der Waals surface area (Å²) in [6.07, 6.45) is -6.28. The van der Waals surface area contributed by atoms with E-state index in [2.05, 4.69) is 4.74 Å². The van der Waals surface area contributed by atoms with Gasteiger partial charge >= 0.3 is 6.18 Å². The number of carbonyl (C=O) groups is 1. The average Bonchev–Trinajstić information content (AvgIpc) is 1.84. The molecular formula is C6H10F3NO2. The number of primary amides is 1. The van der Waals surface area contributed by atoms with Gasteiger partial charge in [-0.15, -0.1) is 0 Å². The van der Waals surface area contributed by atoms with Crippen molar-refractivity contribution in [2.24, 2.45) is 5.73 Å². The molecule has 12 heavy (non-hydrogen) atoms. The average molecular weight is 185 g/mol. The van der Waals surface area contributed by atoms with Crippen LogP contribution in [0, 0.1) is 0 Å². The summed E-state index contributed by atoms with van der Waals surface area (Å²) in [5.74, 6) is -0.767. The van der Waals surface area contributed by atoms with Gasteiger partial charge in [-0.05, 0) is 6.92 Å². The number of halogens is 3. The predicted octanol–water partition coefficient (Wildman–Crippen LogP) is 0.829. The molecule has 0 rings (SSSR count). The third-order valence-corrected chi connectivity index (χ3v) is 1.15. The first-order valence-corrected chi connectivity index (χ1v) is 3.30. The van der Waals surface area contributed by atoms with Crippen LogP contribution in [-0.2, 0) is 9.53 Å². The Morgan fingerprint density at radius 2 is 2.08 bits per heavy atom. The van der Waals surface area contributed by atoms with Crippen molar-refractivity contribution in [3.05, 3.63) is 0 Å². The minimum absolute atomic E-state index is 0.534. The molecule has 0 saturated carbocycles. The van der Waals surface area contributed by atoms with Crippen LogP contribution in [0.2, 0.25) is 0 Å². The lowest BCUT2D eigenvalue weighted by molar-refractivity contribution is -0.153. The zero-order chi connectivity index (χ0) is 9.78. The van der Waals surface area contributed by atoms with Crippen molar-refractivity contribution in [3.63, 3.8) is 0 Å². The molecule has 0 aliphatic heterocycles. The van der Waals surface area contributed by atoms with E-state index >= 15 is 0 Å². The number of hydrogen-bond donors (Lipinski definition) is 1. The summed E-state index contributed by atoms with van der Waals surface area (Å²) in [5.41, 5.74) is 4.74. The molecule has 6 heteroatoms. The van der Waals surface area contributed by atoms with E-state index in [9.17, 15) is 18.0 Å². The lowest BCUT2D eigenvalue weighted by Crippen LogP contribution is -2.29. The maximum atomic E-state index is 11.5. The Hall–Kier alpha value is -0.780. The normalized spacial score (nSPS) is 14.3. The first-order chi connectivity index (χ1) is 5.33. The summed E-state index contributed by atoms with van der Waals surface area (Å²) in [5, 5.41) is 0. The number of hydrogen-bond acceptors (Lipinski definition) is 2. The van der Waals surface area contributed by atoms with Crippen LogP contribution in [0.25, 0.3) is 0 Å². The third kappa shape index (κ3) is 5.96. The van der Waals surface area contributed by atoms with E-state index < -0.39 is 31.2 Å². The Balaban J connectivity index is 3.51. The standard InChI is InChI=1S/C6H10F3NO2/c1-4(5(10)11)12-3-2-6(7,8)9/h4H,2-3H2,1H3,(H2,10,11). The summed E-state index contributed by atoms with van der Waals surface area (Å²) in [7, 11) is 0. The number of nitrogens with two attached hydrogens (primary N) is 1. The molecule has 0 heterocycles. The van der Waals surface area contributed by atoms with Crippen LogP contribution in [0.3, 0.4) is 0 Å². The Morgan fingerprint density at radius 3 is 2.42 bits per heavy atom. The van der Waals surface area contributed by atoms with E-state index in [4.69, 9.17) is 5.73 Å². The fourth-order valence-corrected chi connectivity index (χ4v) is 0.434. The van der Waals surface area contributed by atoms with Crippen molar-refractivity contribution in [1.29, 1.82) is 0 Å². The highest BCUT2D eigenvalue weighted by atomic mass is 19.4. The highest BCUT2D eigenvalue weighted by Gasteiger charge is 2.27. The van der Waals surface area contributed by atoms with Gasteiger partial charge in [0.2, 0.25) is 5.91 Å². The predicted molar refractivity (Wildman–Crippen MR) is 35.3 cm³/mol. The third-order valence-electron chi connectivity index (χ3n) is 1.15. The van der Waals surface area contributed by atoms with Gasteiger partial charge in [0.05, 0.1) is 13.0 Å². The van der Waals surface area contributed by atoms with Gasteiger partial charge < -0.3 is 10.5 Å². The molecule has 0 bridgehead atoms. The quantitative estimate of drug-likeness (QED) is 0.705. The van der Waals surface area contributed by atoms with Crippen LogP contribution in [0.15, 0.2) is 0 Å². The Kier molecular flexibility index (Phi) is 4.02. The summed E-state index contributed by atoms with van der Waals surface area (Å²) in [6, 6.07) is 0. The molecule has 1 amide bonds. The molecule has 72 valence electrons. The lowest BCUT2D eigenvalue weighted by Gasteiger charge is -2.10. The van der Waals surface area contributed by atoms with Crippen LogP contribution in [-0.4, -0.2) is 24.8 Å². The van der Waals surface area contributed by atoms with E-state index in [1.54, 1.807) is 0 Å². The molecule has 0 aliphatic rings. The van der Waals surface area contributed by atoms with Gasteiger partial charge in [-0.3, -0.25) is 4.79 Å². The number of rotatable bonds is 4. The minimum Gasteiger partial charge on any atom is -0.368 e. The van der Waals surface area contributed by atoms with Crippen molar-refractivity contribution in [2.45, 2.75) is 25.6 Å². The summed E-state index contributed by atoms with van der Waals surface area (Å²) in [4.78, 5) is 10.3. The number of amides is 1. The Labute approximate surface area is 67.7 Å². The van der Waals surface area contributed by atoms with Crippen molar-refractivity contribution in [2.75, 3.05) is 6.61 Å². The van der Waals surface area contributed by atoms with Crippen molar-refractivity contribution in [1.82, 2.24) is 0 Å². The van der Waals surface area contributed by atoms with Crippen molar-refractivity contribution >= 4 is 5.91 Å². The molecule has 2 N–H and O–H groups in total. The molecule has 1 unspecified atom stereocenters. The first-order valence-electron chi connectivity index (χ1n) is 3.30. The highest BCUT2D eigenvalue weighted by molar-refractivity contribution is 5.78. The molecule has 1 atom stereocenters. The largest absolute Gasteiger partial charge is 0.391 e. The van der Waals surface area contributed by atoms with E-state index in [1.165, 1.54) is 6.92 Å². The minimum atomic E-state index is -4.25. The Morgan fingerprint density at radius 1 is 1.58 bits per heavy atom. The summed E-state index contributed by atoms with van der Waals surface area (Å²) in [6.45, 7) is 0.770. The van der Waals surface area contributed by atoms with Gasteiger partial charge in [0.25, 0.3) is 0 Å². The second-order valence-corrected chi connectivity index (χ2v) is 2.28. The van der Waals surface area contributed by atoms with Gasteiger partial charge in [0, 0.05) is 0 Å². The Bertz CT molecular complexity index is 157. The molecular weight excluding hydrogens is 175 g/mol. The molecule has 0 fully saturated rings. The number of ether oxygens (including phenoxy) is 1. The topological polar surface area (TPSA) is 52.3 Å². The van der Waals surface area contributed by atoms with Crippen molar-refractivity contribution in [3.8, 4) is 0 Å². The second kappa shape index (κ2) is 4.30. The van der Waals surface area contributed by atoms with E-state index in [1.807, 2.05) is 0 Å². The van der Waals surface area contributed by atoms with Gasteiger partial charge in [0.1, 0.15) is 6.10 Å². The van der Waals surface area contributed by atoms with Crippen LogP contribution < -0.4 is 5.73 Å². The molecule has 3 nitrogen and oxygen atoms in total. The monoisotopic (exact) mass is 185 g/mol. The van der Waals surface area contributed by atoms with E-state index in [-0.39, 0.29) is 0 Å². The van der Waals surface area contributed by atoms with Crippen LogP contribution in [0.1, 0.15) is 13.3 Å². The van der Waals surface area contributed by atoms with Gasteiger partial charge in [0.15, 0.2) is 0 Å². The zero-order valence-corrected chi connectivity index (χ0v) is 6.52. The van der Waals surface area contributed by atoms with Gasteiger partial charge in [-0.2, -0.15) is 13.2 Å². The maximum Gasteiger partial charge on any atom is 0.391 e. The highest BCUT2D eigenvalue weighted by Crippen LogP contribution is 2.19. The maximum absolute atomic E-state index is 11.5. The van der Waals surface area contributed by atoms with Crippen LogP contribution in [0.4, 0.5) is 13.2 Å². The molecule has 0 aromatic rings. The molecule has 0 aliphatic carbocycles. The zero-order valence-electron chi connectivity index (χ0n) is 6.52. The molecule has 0 radical (unpaired) electrons. The fraction of sp³-hybridized carbons (Fsp3) is 0.833. The molecule has 0 aromatic heterocycles. The summed E-state index contributed by atoms with van der Waals surface area (Å²) >= 11 is 0. The number of alkyl halides is 3. The lowest BCUT2D eigenvalue weighted by atomic mass is 10.4. The van der Waals surface area contributed by atoms with Crippen molar-refractivity contribution < 1.29 is 22.7 Å². The molecule has 0 aromatic carbocycles. The SMILES string of the molecule is CC(OCCC(F)(F)F)C(N)=O. The molecule has 0 spiro atoms. The second-order valence-electron chi connectivity index (χ2n) is 2.28.